The summed E-state index contributed by atoms with van der Waals surface area (Å²) in [6.07, 6.45) is 7.92. The molecule has 4 N–H and O–H groups in total. The molecule has 1 unspecified atom stereocenters. The Labute approximate surface area is 178 Å². The Morgan fingerprint density at radius 2 is 1.72 bits per heavy atom. The number of hydrogen-bond donors (Lipinski definition) is 4. The van der Waals surface area contributed by atoms with E-state index in [0.717, 1.165) is 24.8 Å². The number of aromatic carboxylic acids is 1. The zero-order valence-electron chi connectivity index (χ0n) is 18.0. The molecule has 0 spiro atoms. The number of aliphatic hydroxyl groups is 1. The summed E-state index contributed by atoms with van der Waals surface area (Å²) in [4.78, 5) is 11.4. The summed E-state index contributed by atoms with van der Waals surface area (Å²) < 4.78 is 0. The number of allylic oxidation sites excluding steroid dienone is 4. The Balaban J connectivity index is 2.77. The Kier molecular flexibility index (Phi) is 9.24. The van der Waals surface area contributed by atoms with Crippen LogP contribution in [0.15, 0.2) is 23.3 Å². The molecule has 1 aromatic carbocycles. The summed E-state index contributed by atoms with van der Waals surface area (Å²) in [5.41, 5.74) is 1.50. The predicted octanol–water partition coefficient (Wildman–Crippen LogP) is 5.91. The van der Waals surface area contributed by atoms with Crippen molar-refractivity contribution in [2.24, 2.45) is 0 Å². The molecular formula is C23H33ClO5. The van der Waals surface area contributed by atoms with Crippen LogP contribution >= 0.6 is 11.6 Å². The maximum atomic E-state index is 11.4. The van der Waals surface area contributed by atoms with Gasteiger partial charge in [-0.2, -0.15) is 0 Å². The van der Waals surface area contributed by atoms with Gasteiger partial charge < -0.3 is 20.4 Å². The zero-order valence-corrected chi connectivity index (χ0v) is 18.7. The quantitative estimate of drug-likeness (QED) is 0.350. The van der Waals surface area contributed by atoms with Crippen molar-refractivity contribution >= 4 is 17.6 Å². The molecular weight excluding hydrogens is 392 g/mol. The first-order valence-corrected chi connectivity index (χ1v) is 10.2. The standard InChI is InChI=1S/C23H33ClO5/c1-14(2)8-6-12-23(5,29)13-7-9-15(3)10-11-17-20(25)18(22(27)28)16(4)19(24)21(17)26/h8,10,25-26,29H,6-7,9,11-13H2,1-5H3,(H,27,28)/b15-10+. The van der Waals surface area contributed by atoms with Crippen molar-refractivity contribution in [3.8, 4) is 11.5 Å². The average molecular weight is 425 g/mol. The summed E-state index contributed by atoms with van der Waals surface area (Å²) in [7, 11) is 0. The molecule has 6 heteroatoms. The molecule has 0 bridgehead atoms. The molecule has 0 saturated carbocycles. The molecule has 0 heterocycles. The van der Waals surface area contributed by atoms with Gasteiger partial charge in [0.2, 0.25) is 0 Å². The van der Waals surface area contributed by atoms with Crippen molar-refractivity contribution in [1.82, 2.24) is 0 Å². The largest absolute Gasteiger partial charge is 0.507 e. The highest BCUT2D eigenvalue weighted by atomic mass is 35.5. The number of rotatable bonds is 10. The van der Waals surface area contributed by atoms with E-state index in [1.165, 1.54) is 12.5 Å². The summed E-state index contributed by atoms with van der Waals surface area (Å²) >= 11 is 6.04. The van der Waals surface area contributed by atoms with Crippen LogP contribution in [0.5, 0.6) is 11.5 Å². The second-order valence-electron chi connectivity index (χ2n) is 8.22. The van der Waals surface area contributed by atoms with E-state index in [2.05, 4.69) is 6.08 Å². The SMILES string of the molecule is CC(C)=CCCC(C)(O)CCC/C(C)=C/Cc1c(O)c(Cl)c(C)c(C(=O)O)c1O. The summed E-state index contributed by atoms with van der Waals surface area (Å²) in [6.45, 7) is 9.31. The fourth-order valence-corrected chi connectivity index (χ4v) is 3.45. The van der Waals surface area contributed by atoms with Crippen LogP contribution in [0.2, 0.25) is 5.02 Å². The van der Waals surface area contributed by atoms with E-state index in [0.29, 0.717) is 12.8 Å². The summed E-state index contributed by atoms with van der Waals surface area (Å²) in [5, 5.41) is 40.2. The van der Waals surface area contributed by atoms with E-state index in [1.54, 1.807) is 0 Å². The van der Waals surface area contributed by atoms with Gasteiger partial charge in [0.05, 0.1) is 10.6 Å². The van der Waals surface area contributed by atoms with Gasteiger partial charge in [0.1, 0.15) is 17.1 Å². The fraction of sp³-hybridized carbons (Fsp3) is 0.522. The molecule has 0 aliphatic heterocycles. The van der Waals surface area contributed by atoms with E-state index < -0.39 is 17.3 Å². The number of aromatic hydroxyl groups is 2. The number of hydrogen-bond acceptors (Lipinski definition) is 4. The summed E-state index contributed by atoms with van der Waals surface area (Å²) in [6, 6.07) is 0. The van der Waals surface area contributed by atoms with Crippen LogP contribution in [-0.2, 0) is 6.42 Å². The second-order valence-corrected chi connectivity index (χ2v) is 8.60. The minimum Gasteiger partial charge on any atom is -0.507 e. The molecule has 1 atom stereocenters. The molecule has 0 amide bonds. The molecule has 5 nitrogen and oxygen atoms in total. The Morgan fingerprint density at radius 1 is 1.10 bits per heavy atom. The first-order valence-electron chi connectivity index (χ1n) is 9.85. The minimum absolute atomic E-state index is 0.0614. The monoisotopic (exact) mass is 424 g/mol. The summed E-state index contributed by atoms with van der Waals surface area (Å²) in [5.74, 6) is -2.04. The first-order chi connectivity index (χ1) is 13.4. The van der Waals surface area contributed by atoms with Crippen LogP contribution in [0.1, 0.15) is 81.3 Å². The van der Waals surface area contributed by atoms with Gasteiger partial charge in [0, 0.05) is 5.56 Å². The van der Waals surface area contributed by atoms with Crippen LogP contribution in [0.4, 0.5) is 0 Å². The van der Waals surface area contributed by atoms with Crippen molar-refractivity contribution in [3.63, 3.8) is 0 Å². The smallest absolute Gasteiger partial charge is 0.339 e. The van der Waals surface area contributed by atoms with Gasteiger partial charge in [-0.3, -0.25) is 0 Å². The van der Waals surface area contributed by atoms with Crippen LogP contribution < -0.4 is 0 Å². The number of carboxylic acids is 1. The van der Waals surface area contributed by atoms with Crippen molar-refractivity contribution in [2.75, 3.05) is 0 Å². The molecule has 0 fully saturated rings. The fourth-order valence-electron chi connectivity index (χ4n) is 3.24. The molecule has 0 aliphatic rings. The molecule has 1 aromatic rings. The zero-order chi connectivity index (χ0) is 22.4. The number of carboxylic acid groups (broad SMARTS) is 1. The lowest BCUT2D eigenvalue weighted by atomic mass is 9.92. The molecule has 0 radical (unpaired) electrons. The highest BCUT2D eigenvalue weighted by Crippen LogP contribution is 2.41. The number of phenols is 2. The maximum absolute atomic E-state index is 11.4. The van der Waals surface area contributed by atoms with Gasteiger partial charge in [-0.1, -0.05) is 34.9 Å². The lowest BCUT2D eigenvalue weighted by Gasteiger charge is -2.22. The number of carbonyl (C=O) groups is 1. The van der Waals surface area contributed by atoms with Gasteiger partial charge in [-0.15, -0.1) is 0 Å². The minimum atomic E-state index is -1.29. The molecule has 1 rings (SSSR count). The maximum Gasteiger partial charge on any atom is 0.339 e. The third-order valence-corrected chi connectivity index (χ3v) is 5.57. The van der Waals surface area contributed by atoms with Crippen LogP contribution in [0.3, 0.4) is 0 Å². The lowest BCUT2D eigenvalue weighted by Crippen LogP contribution is -2.23. The van der Waals surface area contributed by atoms with Crippen molar-refractivity contribution in [1.29, 1.82) is 0 Å². The van der Waals surface area contributed by atoms with E-state index in [4.69, 9.17) is 11.6 Å². The first kappa shape index (κ1) is 25.1. The van der Waals surface area contributed by atoms with Crippen molar-refractivity contribution < 1.29 is 25.2 Å². The van der Waals surface area contributed by atoms with E-state index in [-0.39, 0.29) is 33.9 Å². The van der Waals surface area contributed by atoms with Crippen molar-refractivity contribution in [2.45, 2.75) is 78.7 Å². The Bertz CT molecular complexity index is 802. The van der Waals surface area contributed by atoms with Gasteiger partial charge in [-0.25, -0.2) is 4.79 Å². The molecule has 0 aromatic heterocycles. The molecule has 0 saturated heterocycles. The normalized spacial score (nSPS) is 13.8. The van der Waals surface area contributed by atoms with Crippen LogP contribution in [0.25, 0.3) is 0 Å². The molecule has 162 valence electrons. The van der Waals surface area contributed by atoms with Crippen LogP contribution in [-0.4, -0.2) is 32.0 Å². The Hall–Kier alpha value is -1.98. The average Bonchev–Trinajstić information content (AvgIpc) is 2.58. The number of phenolic OH excluding ortho intramolecular Hbond substituents is 1. The van der Waals surface area contributed by atoms with Gasteiger partial charge in [0.25, 0.3) is 0 Å². The van der Waals surface area contributed by atoms with E-state index in [1.807, 2.05) is 33.8 Å². The third-order valence-electron chi connectivity index (χ3n) is 5.11. The van der Waals surface area contributed by atoms with E-state index >= 15 is 0 Å². The molecule has 0 aliphatic carbocycles. The van der Waals surface area contributed by atoms with Gasteiger partial charge >= 0.3 is 5.97 Å². The Morgan fingerprint density at radius 3 is 2.28 bits per heavy atom. The number of benzene rings is 1. The van der Waals surface area contributed by atoms with E-state index in [9.17, 15) is 25.2 Å². The highest BCUT2D eigenvalue weighted by Gasteiger charge is 2.24. The third kappa shape index (κ3) is 7.41. The van der Waals surface area contributed by atoms with Crippen LogP contribution in [0, 0.1) is 6.92 Å². The highest BCUT2D eigenvalue weighted by molar-refractivity contribution is 6.33. The van der Waals surface area contributed by atoms with Crippen molar-refractivity contribution in [3.05, 3.63) is 45.0 Å². The second kappa shape index (κ2) is 10.7. The van der Waals surface area contributed by atoms with Gasteiger partial charge in [-0.05, 0) is 78.7 Å². The topological polar surface area (TPSA) is 98.0 Å². The lowest BCUT2D eigenvalue weighted by molar-refractivity contribution is 0.0410. The number of halogens is 1. The molecule has 29 heavy (non-hydrogen) atoms. The predicted molar refractivity (Wildman–Crippen MR) is 117 cm³/mol. The van der Waals surface area contributed by atoms with Gasteiger partial charge in [0.15, 0.2) is 0 Å².